The van der Waals surface area contributed by atoms with Gasteiger partial charge in [0.2, 0.25) is 10.0 Å². The van der Waals surface area contributed by atoms with Crippen LogP contribution in [0.2, 0.25) is 0 Å². The van der Waals surface area contributed by atoms with Crippen LogP contribution < -0.4 is 9.46 Å². The average Bonchev–Trinajstić information content (AvgIpc) is 3.21. The Kier molecular flexibility index (Phi) is 5.40. The molecule has 2 N–H and O–H groups in total. The van der Waals surface area contributed by atoms with E-state index in [2.05, 4.69) is 19.9 Å². The summed E-state index contributed by atoms with van der Waals surface area (Å²) in [6.45, 7) is 3.63. The summed E-state index contributed by atoms with van der Waals surface area (Å²) >= 11 is 1.52. The molecule has 0 saturated heterocycles. The first-order valence-corrected chi connectivity index (χ1v) is 10.4. The van der Waals surface area contributed by atoms with Crippen molar-refractivity contribution in [1.29, 1.82) is 0 Å². The van der Waals surface area contributed by atoms with Crippen LogP contribution in [-0.2, 0) is 16.4 Å². The zero-order valence-electron chi connectivity index (χ0n) is 14.7. The molecule has 1 aromatic carbocycles. The van der Waals surface area contributed by atoms with Crippen LogP contribution in [-0.4, -0.2) is 37.3 Å². The van der Waals surface area contributed by atoms with Crippen molar-refractivity contribution in [1.82, 2.24) is 19.9 Å². The number of thiazole rings is 1. The molecule has 138 valence electrons. The maximum atomic E-state index is 12.4. The van der Waals surface area contributed by atoms with Crippen molar-refractivity contribution in [3.05, 3.63) is 46.7 Å². The number of methoxy groups -OCH3 is 1. The molecule has 0 radical (unpaired) electrons. The molecule has 0 bridgehead atoms. The number of H-pyrrole nitrogens is 1. The molecule has 0 fully saturated rings. The van der Waals surface area contributed by atoms with E-state index in [9.17, 15) is 8.42 Å². The van der Waals surface area contributed by atoms with Gasteiger partial charge in [0.25, 0.3) is 0 Å². The largest absolute Gasteiger partial charge is 0.497 e. The second-order valence-electron chi connectivity index (χ2n) is 5.79. The Labute approximate surface area is 156 Å². The lowest BCUT2D eigenvalue weighted by molar-refractivity contribution is 0.415. The van der Waals surface area contributed by atoms with E-state index in [0.29, 0.717) is 17.8 Å². The minimum atomic E-state index is -3.59. The Morgan fingerprint density at radius 3 is 2.81 bits per heavy atom. The van der Waals surface area contributed by atoms with E-state index < -0.39 is 10.0 Å². The quantitative estimate of drug-likeness (QED) is 0.644. The number of hydrogen-bond donors (Lipinski definition) is 2. The minimum absolute atomic E-state index is 0.216. The maximum absolute atomic E-state index is 12.4. The van der Waals surface area contributed by atoms with Crippen molar-refractivity contribution >= 4 is 21.4 Å². The molecule has 0 aliphatic rings. The molecule has 0 amide bonds. The molecule has 7 nitrogen and oxygen atoms in total. The van der Waals surface area contributed by atoms with Gasteiger partial charge in [-0.1, -0.05) is 12.1 Å². The Morgan fingerprint density at radius 2 is 2.12 bits per heavy atom. The molecule has 26 heavy (non-hydrogen) atoms. The lowest BCUT2D eigenvalue weighted by Crippen LogP contribution is -2.27. The first kappa shape index (κ1) is 18.6. The number of aromatic nitrogens is 3. The first-order valence-electron chi connectivity index (χ1n) is 8.01. The number of nitrogens with one attached hydrogen (secondary N) is 2. The summed E-state index contributed by atoms with van der Waals surface area (Å²) < 4.78 is 32.7. The van der Waals surface area contributed by atoms with Crippen molar-refractivity contribution < 1.29 is 13.2 Å². The molecule has 3 aromatic rings. The summed E-state index contributed by atoms with van der Waals surface area (Å²) in [4.78, 5) is 4.80. The monoisotopic (exact) mass is 392 g/mol. The van der Waals surface area contributed by atoms with Gasteiger partial charge < -0.3 is 4.74 Å². The van der Waals surface area contributed by atoms with E-state index in [-0.39, 0.29) is 11.4 Å². The number of aryl methyl sites for hydroxylation is 2. The van der Waals surface area contributed by atoms with Crippen LogP contribution in [0, 0.1) is 13.8 Å². The van der Waals surface area contributed by atoms with E-state index in [1.165, 1.54) is 11.3 Å². The summed E-state index contributed by atoms with van der Waals surface area (Å²) in [6, 6.07) is 7.69. The smallest absolute Gasteiger partial charge is 0.244 e. The number of aromatic amines is 1. The standard InChI is InChI=1S/C17H20N4O3S2/c1-11-16(12(2)21-20-11)26(22,23)18-8-7-14-10-25-17(19-14)13-5-4-6-15(9-13)24-3/h4-6,9-10,18H,7-8H2,1-3H3,(H,20,21). The number of hydrogen-bond acceptors (Lipinski definition) is 6. The van der Waals surface area contributed by atoms with E-state index in [0.717, 1.165) is 22.0 Å². The van der Waals surface area contributed by atoms with Gasteiger partial charge in [-0.15, -0.1) is 11.3 Å². The molecule has 0 unspecified atom stereocenters. The van der Waals surface area contributed by atoms with Crippen LogP contribution in [0.3, 0.4) is 0 Å². The number of sulfonamides is 1. The Balaban J connectivity index is 1.65. The molecule has 2 aromatic heterocycles. The summed E-state index contributed by atoms with van der Waals surface area (Å²) in [5.41, 5.74) is 2.81. The van der Waals surface area contributed by atoms with Gasteiger partial charge in [0.1, 0.15) is 15.7 Å². The number of rotatable bonds is 7. The summed E-state index contributed by atoms with van der Waals surface area (Å²) in [5.74, 6) is 0.776. The van der Waals surface area contributed by atoms with Gasteiger partial charge in [-0.25, -0.2) is 18.1 Å². The fraction of sp³-hybridized carbons (Fsp3) is 0.294. The molecule has 3 rings (SSSR count). The topological polar surface area (TPSA) is 97.0 Å². The zero-order chi connectivity index (χ0) is 18.7. The van der Waals surface area contributed by atoms with E-state index >= 15 is 0 Å². The molecular weight excluding hydrogens is 372 g/mol. The van der Waals surface area contributed by atoms with Crippen molar-refractivity contribution in [3.63, 3.8) is 0 Å². The van der Waals surface area contributed by atoms with Crippen molar-refractivity contribution in [3.8, 4) is 16.3 Å². The number of benzene rings is 1. The average molecular weight is 393 g/mol. The third-order valence-corrected chi connectivity index (χ3v) is 6.53. The second-order valence-corrected chi connectivity index (χ2v) is 8.35. The maximum Gasteiger partial charge on any atom is 0.244 e. The Hall–Kier alpha value is -2.23. The highest BCUT2D eigenvalue weighted by Gasteiger charge is 2.21. The van der Waals surface area contributed by atoms with Crippen LogP contribution in [0.25, 0.3) is 10.6 Å². The lowest BCUT2D eigenvalue weighted by atomic mass is 10.2. The summed E-state index contributed by atoms with van der Waals surface area (Å²) in [5, 5.41) is 9.45. The van der Waals surface area contributed by atoms with Crippen molar-refractivity contribution in [2.45, 2.75) is 25.2 Å². The Bertz CT molecular complexity index is 989. The lowest BCUT2D eigenvalue weighted by Gasteiger charge is -2.06. The van der Waals surface area contributed by atoms with Crippen molar-refractivity contribution in [2.75, 3.05) is 13.7 Å². The van der Waals surface area contributed by atoms with Gasteiger partial charge in [0.05, 0.1) is 24.2 Å². The van der Waals surface area contributed by atoms with Gasteiger partial charge in [0.15, 0.2) is 0 Å². The molecule has 0 spiro atoms. The predicted molar refractivity (Wildman–Crippen MR) is 101 cm³/mol. The normalized spacial score (nSPS) is 11.7. The SMILES string of the molecule is COc1cccc(-c2nc(CCNS(=O)(=O)c3c(C)n[nH]c3C)cs2)c1. The third-order valence-electron chi connectivity index (χ3n) is 3.87. The fourth-order valence-corrected chi connectivity index (χ4v) is 4.88. The van der Waals surface area contributed by atoms with Gasteiger partial charge in [-0.2, -0.15) is 5.10 Å². The second kappa shape index (κ2) is 7.56. The summed E-state index contributed by atoms with van der Waals surface area (Å²) in [7, 11) is -1.96. The van der Waals surface area contributed by atoms with Gasteiger partial charge in [-0.05, 0) is 26.0 Å². The van der Waals surface area contributed by atoms with Gasteiger partial charge >= 0.3 is 0 Å². The van der Waals surface area contributed by atoms with Crippen LogP contribution in [0.1, 0.15) is 17.1 Å². The zero-order valence-corrected chi connectivity index (χ0v) is 16.4. The molecule has 9 heteroatoms. The van der Waals surface area contributed by atoms with Crippen LogP contribution in [0.5, 0.6) is 5.75 Å². The molecule has 0 aliphatic carbocycles. The van der Waals surface area contributed by atoms with Gasteiger partial charge in [-0.3, -0.25) is 5.10 Å². The van der Waals surface area contributed by atoms with Crippen LogP contribution in [0.15, 0.2) is 34.5 Å². The highest BCUT2D eigenvalue weighted by molar-refractivity contribution is 7.89. The van der Waals surface area contributed by atoms with Gasteiger partial charge in [0, 0.05) is 23.9 Å². The molecule has 0 saturated carbocycles. The Morgan fingerprint density at radius 1 is 1.31 bits per heavy atom. The number of nitrogens with zero attached hydrogens (tertiary/aromatic N) is 2. The highest BCUT2D eigenvalue weighted by Crippen LogP contribution is 2.27. The summed E-state index contributed by atoms with van der Waals surface area (Å²) in [6.07, 6.45) is 0.510. The molecule has 0 atom stereocenters. The third kappa shape index (κ3) is 3.95. The molecule has 2 heterocycles. The fourth-order valence-electron chi connectivity index (χ4n) is 2.63. The highest BCUT2D eigenvalue weighted by atomic mass is 32.2. The van der Waals surface area contributed by atoms with Crippen LogP contribution >= 0.6 is 11.3 Å². The van der Waals surface area contributed by atoms with E-state index in [4.69, 9.17) is 4.74 Å². The van der Waals surface area contributed by atoms with Crippen LogP contribution in [0.4, 0.5) is 0 Å². The van der Waals surface area contributed by atoms with Crippen molar-refractivity contribution in [2.24, 2.45) is 0 Å². The first-order chi connectivity index (χ1) is 12.4. The van der Waals surface area contributed by atoms with E-state index in [1.54, 1.807) is 21.0 Å². The molecular formula is C17H20N4O3S2. The number of ether oxygens (including phenoxy) is 1. The molecule has 0 aliphatic heterocycles. The minimum Gasteiger partial charge on any atom is -0.497 e. The van der Waals surface area contributed by atoms with E-state index in [1.807, 2.05) is 29.6 Å². The predicted octanol–water partition coefficient (Wildman–Crippen LogP) is 2.68.